The van der Waals surface area contributed by atoms with Gasteiger partial charge in [-0.3, -0.25) is 4.79 Å². The van der Waals surface area contributed by atoms with Crippen LogP contribution in [-0.2, 0) is 25.5 Å². The summed E-state index contributed by atoms with van der Waals surface area (Å²) in [6.07, 6.45) is 0.839. The van der Waals surface area contributed by atoms with E-state index in [9.17, 15) is 9.18 Å². The van der Waals surface area contributed by atoms with Crippen LogP contribution < -0.4 is 10.6 Å². The normalized spacial score (nSPS) is 19.1. The number of imidazole rings is 1. The van der Waals surface area contributed by atoms with E-state index in [0.717, 1.165) is 4.88 Å². The Morgan fingerprint density at radius 2 is 2.00 bits per heavy atom. The second-order valence-electron chi connectivity index (χ2n) is 9.31. The number of anilines is 1. The first-order chi connectivity index (χ1) is 18.9. The van der Waals surface area contributed by atoms with E-state index in [1.807, 2.05) is 17.5 Å². The third-order valence-corrected chi connectivity index (χ3v) is 7.10. The third-order valence-electron chi connectivity index (χ3n) is 6.22. The minimum atomic E-state index is -0.852. The van der Waals surface area contributed by atoms with E-state index >= 15 is 0 Å². The second-order valence-corrected chi connectivity index (χ2v) is 10.3. The Balaban J connectivity index is 1.38. The second kappa shape index (κ2) is 12.0. The van der Waals surface area contributed by atoms with Gasteiger partial charge < -0.3 is 29.8 Å². The topological polar surface area (TPSA) is 123 Å². The number of amides is 1. The molecule has 0 radical (unpaired) electrons. The average molecular weight is 553 g/mol. The summed E-state index contributed by atoms with van der Waals surface area (Å²) in [6.45, 7) is 3.49. The van der Waals surface area contributed by atoms with Gasteiger partial charge in [-0.05, 0) is 48.7 Å². The maximum Gasteiger partial charge on any atom is 0.230 e. The number of thiophene rings is 1. The monoisotopic (exact) mass is 552 g/mol. The number of nitrogens with one attached hydrogen (secondary N) is 3. The zero-order valence-corrected chi connectivity index (χ0v) is 22.4. The molecule has 3 aromatic heterocycles. The lowest BCUT2D eigenvalue weighted by molar-refractivity contribution is -0.231. The van der Waals surface area contributed by atoms with E-state index in [-0.39, 0.29) is 24.9 Å². The Kier molecular flexibility index (Phi) is 8.27. The molecule has 1 aliphatic heterocycles. The quantitative estimate of drug-likeness (QED) is 0.251. The number of benzene rings is 1. The highest BCUT2D eigenvalue weighted by Gasteiger charge is 2.40. The van der Waals surface area contributed by atoms with Crippen molar-refractivity contribution in [2.45, 2.75) is 19.8 Å². The van der Waals surface area contributed by atoms with E-state index < -0.39 is 11.7 Å². The van der Waals surface area contributed by atoms with Crippen molar-refractivity contribution in [1.29, 1.82) is 0 Å². The fourth-order valence-electron chi connectivity index (χ4n) is 4.05. The Hall–Kier alpha value is -3.71. The predicted molar refractivity (Wildman–Crippen MR) is 144 cm³/mol. The number of hydrogen-bond acceptors (Lipinski definition) is 9. The summed E-state index contributed by atoms with van der Waals surface area (Å²) in [5, 5.41) is 8.09. The van der Waals surface area contributed by atoms with Gasteiger partial charge in [-0.15, -0.1) is 11.3 Å². The number of nitrogens with zero attached hydrogens (tertiary/aromatic N) is 3. The smallest absolute Gasteiger partial charge is 0.230 e. The van der Waals surface area contributed by atoms with Gasteiger partial charge in [0.25, 0.3) is 0 Å². The minimum Gasteiger partial charge on any atom is -0.383 e. The van der Waals surface area contributed by atoms with Crippen molar-refractivity contribution in [1.82, 2.24) is 25.3 Å². The van der Waals surface area contributed by atoms with Crippen LogP contribution in [-0.4, -0.2) is 59.3 Å². The summed E-state index contributed by atoms with van der Waals surface area (Å²) in [6, 6.07) is 11.9. The first kappa shape index (κ1) is 26.9. The fraction of sp³-hybridized carbons (Fsp3) is 0.333. The molecule has 4 heterocycles. The van der Waals surface area contributed by atoms with Gasteiger partial charge in [0, 0.05) is 30.3 Å². The molecule has 4 aromatic rings. The van der Waals surface area contributed by atoms with Gasteiger partial charge in [-0.2, -0.15) is 0 Å². The van der Waals surface area contributed by atoms with Crippen LogP contribution >= 0.6 is 11.3 Å². The van der Waals surface area contributed by atoms with Crippen LogP contribution in [0.1, 0.15) is 23.9 Å². The SMILES string of the molecule is COCCNC(=O)C1(C)COC(c2nc(-c3ccc(F)cc3)c(-c3ccnc(NCc4cccs4)n3)[nH]2)OC1. The summed E-state index contributed by atoms with van der Waals surface area (Å²) in [7, 11) is 1.58. The standard InChI is InChI=1S/C27H29FN6O4S/c1-27(25(35)29-11-12-36-2)15-37-24(38-16-27)23-33-21(17-5-7-18(28)8-6-17)22(34-23)20-9-10-30-26(32-20)31-14-19-4-3-13-39-19/h3-10,13,24H,11-12,14-16H2,1-2H3,(H,29,35)(H,33,34)(H,30,31,32). The predicted octanol–water partition coefficient (Wildman–Crippen LogP) is 4.16. The number of halogens is 1. The van der Waals surface area contributed by atoms with E-state index in [1.54, 1.807) is 49.8 Å². The van der Waals surface area contributed by atoms with Gasteiger partial charge in [0.2, 0.25) is 18.1 Å². The van der Waals surface area contributed by atoms with Crippen molar-refractivity contribution >= 4 is 23.2 Å². The minimum absolute atomic E-state index is 0.142. The third kappa shape index (κ3) is 6.31. The van der Waals surface area contributed by atoms with Crippen molar-refractivity contribution < 1.29 is 23.4 Å². The van der Waals surface area contributed by atoms with E-state index in [4.69, 9.17) is 19.2 Å². The molecule has 204 valence electrons. The highest BCUT2D eigenvalue weighted by molar-refractivity contribution is 7.09. The summed E-state index contributed by atoms with van der Waals surface area (Å²) in [5.41, 5.74) is 1.60. The lowest BCUT2D eigenvalue weighted by atomic mass is 9.91. The summed E-state index contributed by atoms with van der Waals surface area (Å²) < 4.78 is 30.6. The Morgan fingerprint density at radius 1 is 1.21 bits per heavy atom. The summed E-state index contributed by atoms with van der Waals surface area (Å²) >= 11 is 1.65. The fourth-order valence-corrected chi connectivity index (χ4v) is 4.69. The molecule has 0 unspecified atom stereocenters. The van der Waals surface area contributed by atoms with Gasteiger partial charge in [0.1, 0.15) is 5.82 Å². The molecule has 5 rings (SSSR count). The number of hydrogen-bond donors (Lipinski definition) is 3. The molecule has 10 nitrogen and oxygen atoms in total. The molecule has 1 aliphatic rings. The molecule has 39 heavy (non-hydrogen) atoms. The molecule has 1 amide bonds. The van der Waals surface area contributed by atoms with Crippen LogP contribution in [0.25, 0.3) is 22.6 Å². The van der Waals surface area contributed by atoms with Gasteiger partial charge in [-0.25, -0.2) is 19.3 Å². The van der Waals surface area contributed by atoms with Crippen LogP contribution in [0.3, 0.4) is 0 Å². The summed E-state index contributed by atoms with van der Waals surface area (Å²) in [4.78, 5) is 30.9. The lowest BCUT2D eigenvalue weighted by Crippen LogP contribution is -2.49. The molecular weight excluding hydrogens is 523 g/mol. The van der Waals surface area contributed by atoms with E-state index in [0.29, 0.717) is 54.1 Å². The van der Waals surface area contributed by atoms with Gasteiger partial charge >= 0.3 is 0 Å². The molecule has 1 fully saturated rings. The molecular formula is C27H29FN6O4S. The number of carbonyl (C=O) groups is 1. The van der Waals surface area contributed by atoms with Gasteiger partial charge in [-0.1, -0.05) is 6.07 Å². The molecule has 0 atom stereocenters. The highest BCUT2D eigenvalue weighted by atomic mass is 32.1. The van der Waals surface area contributed by atoms with Gasteiger partial charge in [0.05, 0.1) is 48.9 Å². The number of aromatic nitrogens is 4. The number of aromatic amines is 1. The van der Waals surface area contributed by atoms with Gasteiger partial charge in [0.15, 0.2) is 5.82 Å². The largest absolute Gasteiger partial charge is 0.383 e. The van der Waals surface area contributed by atoms with Crippen LogP contribution in [0.15, 0.2) is 54.0 Å². The number of methoxy groups -OCH3 is 1. The van der Waals surface area contributed by atoms with Crippen molar-refractivity contribution in [3.8, 4) is 22.6 Å². The maximum absolute atomic E-state index is 13.7. The average Bonchev–Trinajstić information content (AvgIpc) is 3.64. The number of H-pyrrole nitrogens is 1. The number of rotatable bonds is 10. The number of ether oxygens (including phenoxy) is 3. The lowest BCUT2D eigenvalue weighted by Gasteiger charge is -2.35. The van der Waals surface area contributed by atoms with Crippen LogP contribution in [0.2, 0.25) is 0 Å². The molecule has 0 saturated carbocycles. The highest BCUT2D eigenvalue weighted by Crippen LogP contribution is 2.35. The first-order valence-corrected chi connectivity index (χ1v) is 13.3. The van der Waals surface area contributed by atoms with Crippen molar-refractivity contribution in [2.24, 2.45) is 5.41 Å². The molecule has 1 saturated heterocycles. The summed E-state index contributed by atoms with van der Waals surface area (Å²) in [5.74, 6) is 0.356. The Bertz CT molecular complexity index is 1390. The first-order valence-electron chi connectivity index (χ1n) is 12.4. The zero-order chi connectivity index (χ0) is 27.2. The van der Waals surface area contributed by atoms with Crippen LogP contribution in [0, 0.1) is 11.2 Å². The van der Waals surface area contributed by atoms with Crippen molar-refractivity contribution in [3.63, 3.8) is 0 Å². The maximum atomic E-state index is 13.7. The molecule has 0 aliphatic carbocycles. The van der Waals surface area contributed by atoms with Crippen LogP contribution in [0.5, 0.6) is 0 Å². The van der Waals surface area contributed by atoms with E-state index in [2.05, 4.69) is 25.6 Å². The number of carbonyl (C=O) groups excluding carboxylic acids is 1. The van der Waals surface area contributed by atoms with Crippen molar-refractivity contribution in [2.75, 3.05) is 38.8 Å². The zero-order valence-electron chi connectivity index (χ0n) is 21.6. The Morgan fingerprint density at radius 3 is 2.72 bits per heavy atom. The Labute approximate surface area is 229 Å². The van der Waals surface area contributed by atoms with Crippen LogP contribution in [0.4, 0.5) is 10.3 Å². The molecule has 3 N–H and O–H groups in total. The molecule has 12 heteroatoms. The molecule has 0 spiro atoms. The van der Waals surface area contributed by atoms with Crippen molar-refractivity contribution in [3.05, 3.63) is 70.6 Å². The molecule has 0 bridgehead atoms. The molecule has 1 aromatic carbocycles. The van der Waals surface area contributed by atoms with E-state index in [1.165, 1.54) is 12.1 Å².